The summed E-state index contributed by atoms with van der Waals surface area (Å²) in [6.45, 7) is 3.17. The molecule has 1 heterocycles. The molecule has 1 aliphatic heterocycles. The van der Waals surface area contributed by atoms with E-state index in [1.54, 1.807) is 12.1 Å². The summed E-state index contributed by atoms with van der Waals surface area (Å²) in [5, 5.41) is 3.14. The second kappa shape index (κ2) is 11.0. The summed E-state index contributed by atoms with van der Waals surface area (Å²) in [6.07, 6.45) is 4.88. The zero-order valence-electron chi connectivity index (χ0n) is 18.5. The van der Waals surface area contributed by atoms with Crippen LogP contribution in [0.4, 0.5) is 5.69 Å². The van der Waals surface area contributed by atoms with Gasteiger partial charge in [0.15, 0.2) is 0 Å². The number of nitrogens with one attached hydrogen (secondary N) is 1. The Balaban J connectivity index is 1.60. The number of carbonyl (C=O) groups is 1. The number of anilines is 1. The molecule has 0 aliphatic carbocycles. The van der Waals surface area contributed by atoms with Crippen molar-refractivity contribution in [1.82, 2.24) is 10.2 Å². The number of amides is 1. The number of ether oxygens (including phenoxy) is 1. The minimum atomic E-state index is -3.74. The highest BCUT2D eigenvalue weighted by Gasteiger charge is 2.24. The lowest BCUT2D eigenvalue weighted by atomic mass is 10.1. The molecule has 174 valence electrons. The molecule has 9 heteroatoms. The number of methoxy groups -OCH3 is 1. The standard InChI is InChI=1S/C23H30ClN3O4S/c1-31-22-11-10-20(24)14-21(22)27(32(2,29)30)17-23(28)25-15-18-6-8-19(9-7-18)16-26-12-4-3-5-13-26/h6-11,14H,3-5,12-13,15-17H2,1-2H3,(H,25,28). The number of hydrogen-bond acceptors (Lipinski definition) is 5. The van der Waals surface area contributed by atoms with E-state index in [2.05, 4.69) is 22.3 Å². The maximum atomic E-state index is 12.6. The molecule has 7 nitrogen and oxygen atoms in total. The monoisotopic (exact) mass is 479 g/mol. The normalized spacial score (nSPS) is 14.7. The first kappa shape index (κ1) is 24.4. The Kier molecular flexibility index (Phi) is 8.39. The fraction of sp³-hybridized carbons (Fsp3) is 0.435. The van der Waals surface area contributed by atoms with Gasteiger partial charge in [-0.25, -0.2) is 8.42 Å². The maximum absolute atomic E-state index is 12.6. The summed E-state index contributed by atoms with van der Waals surface area (Å²) in [6, 6.07) is 12.8. The fourth-order valence-corrected chi connectivity index (χ4v) is 4.78. The first-order valence-corrected chi connectivity index (χ1v) is 12.9. The van der Waals surface area contributed by atoms with Crippen molar-refractivity contribution in [2.75, 3.05) is 37.3 Å². The number of likely N-dealkylation sites (tertiary alicyclic amines) is 1. The van der Waals surface area contributed by atoms with Crippen molar-refractivity contribution in [3.63, 3.8) is 0 Å². The van der Waals surface area contributed by atoms with Gasteiger partial charge in [-0.15, -0.1) is 0 Å². The van der Waals surface area contributed by atoms with Gasteiger partial charge in [0.1, 0.15) is 12.3 Å². The molecule has 0 aromatic heterocycles. The van der Waals surface area contributed by atoms with Crippen LogP contribution in [0.15, 0.2) is 42.5 Å². The molecule has 1 N–H and O–H groups in total. The molecule has 1 fully saturated rings. The van der Waals surface area contributed by atoms with Crippen molar-refractivity contribution in [2.45, 2.75) is 32.4 Å². The lowest BCUT2D eigenvalue weighted by molar-refractivity contribution is -0.119. The molecule has 32 heavy (non-hydrogen) atoms. The van der Waals surface area contributed by atoms with Crippen LogP contribution in [0.2, 0.25) is 5.02 Å². The van der Waals surface area contributed by atoms with E-state index >= 15 is 0 Å². The van der Waals surface area contributed by atoms with Gasteiger partial charge in [-0.2, -0.15) is 0 Å². The van der Waals surface area contributed by atoms with Gasteiger partial charge in [0, 0.05) is 18.1 Å². The number of rotatable bonds is 9. The van der Waals surface area contributed by atoms with E-state index in [-0.39, 0.29) is 12.2 Å². The summed E-state index contributed by atoms with van der Waals surface area (Å²) in [5.74, 6) is -0.105. The van der Waals surface area contributed by atoms with E-state index in [9.17, 15) is 13.2 Å². The Morgan fingerprint density at radius 3 is 2.38 bits per heavy atom. The van der Waals surface area contributed by atoms with Gasteiger partial charge in [-0.05, 0) is 55.3 Å². The first-order valence-electron chi connectivity index (χ1n) is 10.6. The zero-order chi connectivity index (χ0) is 23.1. The smallest absolute Gasteiger partial charge is 0.241 e. The molecule has 1 amide bonds. The second-order valence-electron chi connectivity index (χ2n) is 8.02. The van der Waals surface area contributed by atoms with E-state index in [0.717, 1.165) is 35.8 Å². The molecule has 0 radical (unpaired) electrons. The number of halogens is 1. The number of piperidine rings is 1. The summed E-state index contributed by atoms with van der Waals surface area (Å²) < 4.78 is 31.0. The average Bonchev–Trinajstić information content (AvgIpc) is 2.77. The van der Waals surface area contributed by atoms with Gasteiger partial charge in [-0.3, -0.25) is 14.0 Å². The maximum Gasteiger partial charge on any atom is 0.241 e. The van der Waals surface area contributed by atoms with Crippen LogP contribution in [-0.2, 0) is 27.9 Å². The van der Waals surface area contributed by atoms with Crippen molar-refractivity contribution in [3.05, 3.63) is 58.6 Å². The van der Waals surface area contributed by atoms with Crippen molar-refractivity contribution in [1.29, 1.82) is 0 Å². The third-order valence-corrected chi connectivity index (χ3v) is 6.83. The lowest BCUT2D eigenvalue weighted by Crippen LogP contribution is -2.40. The fourth-order valence-electron chi connectivity index (χ4n) is 3.76. The minimum Gasteiger partial charge on any atom is -0.495 e. The summed E-state index contributed by atoms with van der Waals surface area (Å²) >= 11 is 6.04. The lowest BCUT2D eigenvalue weighted by Gasteiger charge is -2.26. The number of carbonyl (C=O) groups excluding carboxylic acids is 1. The highest BCUT2D eigenvalue weighted by Crippen LogP contribution is 2.32. The molecule has 3 rings (SSSR count). The predicted octanol–water partition coefficient (Wildman–Crippen LogP) is 3.42. The Labute approximate surface area is 195 Å². The quantitative estimate of drug-likeness (QED) is 0.596. The van der Waals surface area contributed by atoms with E-state index < -0.39 is 15.9 Å². The third-order valence-electron chi connectivity index (χ3n) is 5.46. The van der Waals surface area contributed by atoms with Gasteiger partial charge in [-0.1, -0.05) is 42.3 Å². The van der Waals surface area contributed by atoms with Crippen LogP contribution < -0.4 is 14.4 Å². The van der Waals surface area contributed by atoms with Gasteiger partial charge >= 0.3 is 0 Å². The topological polar surface area (TPSA) is 79.0 Å². The minimum absolute atomic E-state index is 0.222. The van der Waals surface area contributed by atoms with Crippen molar-refractivity contribution >= 4 is 33.2 Å². The Morgan fingerprint density at radius 2 is 1.75 bits per heavy atom. The largest absolute Gasteiger partial charge is 0.495 e. The van der Waals surface area contributed by atoms with Gasteiger partial charge in [0.25, 0.3) is 0 Å². The van der Waals surface area contributed by atoms with Crippen LogP contribution in [-0.4, -0.2) is 52.2 Å². The van der Waals surface area contributed by atoms with Crippen LogP contribution in [0, 0.1) is 0 Å². The van der Waals surface area contributed by atoms with Gasteiger partial charge in [0.05, 0.1) is 19.1 Å². The summed E-state index contributed by atoms with van der Waals surface area (Å²) in [7, 11) is -2.30. The van der Waals surface area contributed by atoms with Crippen molar-refractivity contribution in [2.24, 2.45) is 0 Å². The highest BCUT2D eigenvalue weighted by molar-refractivity contribution is 7.92. The van der Waals surface area contributed by atoms with Gasteiger partial charge < -0.3 is 10.1 Å². The van der Waals surface area contributed by atoms with Crippen LogP contribution in [0.25, 0.3) is 0 Å². The SMILES string of the molecule is COc1ccc(Cl)cc1N(CC(=O)NCc1ccc(CN2CCCCC2)cc1)S(C)(=O)=O. The first-order chi connectivity index (χ1) is 15.3. The number of sulfonamides is 1. The number of nitrogens with zero attached hydrogens (tertiary/aromatic N) is 2. The van der Waals surface area contributed by atoms with Crippen LogP contribution in [0.5, 0.6) is 5.75 Å². The Bertz CT molecular complexity index is 1020. The van der Waals surface area contributed by atoms with Crippen molar-refractivity contribution < 1.29 is 17.9 Å². The van der Waals surface area contributed by atoms with E-state index in [0.29, 0.717) is 17.3 Å². The molecule has 1 aliphatic rings. The third kappa shape index (κ3) is 6.85. The van der Waals surface area contributed by atoms with E-state index in [1.807, 2.05) is 12.1 Å². The van der Waals surface area contributed by atoms with E-state index in [1.165, 1.54) is 38.0 Å². The molecule has 0 atom stereocenters. The summed E-state index contributed by atoms with van der Waals surface area (Å²) in [4.78, 5) is 15.0. The number of hydrogen-bond donors (Lipinski definition) is 1. The molecule has 0 spiro atoms. The van der Waals surface area contributed by atoms with Crippen LogP contribution >= 0.6 is 11.6 Å². The Morgan fingerprint density at radius 1 is 1.09 bits per heavy atom. The molecular weight excluding hydrogens is 450 g/mol. The summed E-state index contributed by atoms with van der Waals surface area (Å²) in [5.41, 5.74) is 2.42. The molecule has 0 bridgehead atoms. The molecule has 2 aromatic carbocycles. The zero-order valence-corrected chi connectivity index (χ0v) is 20.1. The van der Waals surface area contributed by atoms with Gasteiger partial charge in [0.2, 0.25) is 15.9 Å². The Hall–Kier alpha value is -2.29. The molecule has 1 saturated heterocycles. The molecular formula is C23H30ClN3O4S. The second-order valence-corrected chi connectivity index (χ2v) is 10.4. The average molecular weight is 480 g/mol. The van der Waals surface area contributed by atoms with Crippen molar-refractivity contribution in [3.8, 4) is 5.75 Å². The highest BCUT2D eigenvalue weighted by atomic mass is 35.5. The number of benzene rings is 2. The van der Waals surface area contributed by atoms with Crippen LogP contribution in [0.1, 0.15) is 30.4 Å². The van der Waals surface area contributed by atoms with E-state index in [4.69, 9.17) is 16.3 Å². The molecule has 0 unspecified atom stereocenters. The predicted molar refractivity (Wildman–Crippen MR) is 128 cm³/mol. The molecule has 2 aromatic rings. The van der Waals surface area contributed by atoms with Crippen LogP contribution in [0.3, 0.4) is 0 Å². The molecule has 0 saturated carbocycles.